The second-order valence-corrected chi connectivity index (χ2v) is 4.23. The number of carbonyl (C=O) groups excluding carboxylic acids is 1. The molecule has 0 aliphatic heterocycles. The lowest BCUT2D eigenvalue weighted by Crippen LogP contribution is -2.37. The van der Waals surface area contributed by atoms with Crippen molar-refractivity contribution in [1.82, 2.24) is 5.32 Å². The van der Waals surface area contributed by atoms with Crippen molar-refractivity contribution in [2.75, 3.05) is 6.26 Å². The summed E-state index contributed by atoms with van der Waals surface area (Å²) < 4.78 is 0. The Labute approximate surface area is 94.4 Å². The first-order valence-corrected chi connectivity index (χ1v) is 6.02. The largest absolute Gasteiger partial charge is 0.351 e. The topological polar surface area (TPSA) is 55.1 Å². The molecule has 1 unspecified atom stereocenters. The number of rotatable bonds is 4. The predicted octanol–water partition coefficient (Wildman–Crippen LogP) is 1.37. The quantitative estimate of drug-likeness (QED) is 0.760. The van der Waals surface area contributed by atoms with Crippen LogP contribution in [0.25, 0.3) is 0 Å². The molecule has 0 radical (unpaired) electrons. The van der Waals surface area contributed by atoms with Crippen molar-refractivity contribution in [2.24, 2.45) is 5.73 Å². The third kappa shape index (κ3) is 3.93. The van der Waals surface area contributed by atoms with E-state index in [9.17, 15) is 4.79 Å². The van der Waals surface area contributed by atoms with Crippen LogP contribution >= 0.6 is 11.8 Å². The molecule has 0 spiro atoms. The van der Waals surface area contributed by atoms with Crippen LogP contribution < -0.4 is 11.1 Å². The summed E-state index contributed by atoms with van der Waals surface area (Å²) in [6.45, 7) is 2.21. The molecule has 0 bridgehead atoms. The van der Waals surface area contributed by atoms with Crippen molar-refractivity contribution in [2.45, 2.75) is 24.4 Å². The van der Waals surface area contributed by atoms with Crippen molar-refractivity contribution < 1.29 is 4.79 Å². The number of thioether (sulfide) groups is 1. The van der Waals surface area contributed by atoms with E-state index < -0.39 is 6.04 Å². The second kappa shape index (κ2) is 5.78. The van der Waals surface area contributed by atoms with Gasteiger partial charge in [0.15, 0.2) is 0 Å². The molecule has 0 fully saturated rings. The standard InChI is InChI=1S/C11H16N2OS/c1-8(12)11(14)13-7-9-3-5-10(15-2)6-4-9/h3-6,8H,7,12H2,1-2H3,(H,13,14). The fraction of sp³-hybridized carbons (Fsp3) is 0.364. The molecular formula is C11H16N2OS. The Balaban J connectivity index is 2.47. The molecule has 1 aromatic rings. The highest BCUT2D eigenvalue weighted by Gasteiger charge is 2.05. The Bertz CT molecular complexity index is 322. The van der Waals surface area contributed by atoms with Crippen LogP contribution in [0, 0.1) is 0 Å². The Morgan fingerprint density at radius 1 is 1.47 bits per heavy atom. The third-order valence-corrected chi connectivity index (χ3v) is 2.78. The summed E-state index contributed by atoms with van der Waals surface area (Å²) in [6.07, 6.45) is 2.03. The first-order valence-electron chi connectivity index (χ1n) is 4.79. The SMILES string of the molecule is CSc1ccc(CNC(=O)C(C)N)cc1. The van der Waals surface area contributed by atoms with Gasteiger partial charge in [-0.25, -0.2) is 0 Å². The van der Waals surface area contributed by atoms with Gasteiger partial charge in [0.1, 0.15) is 0 Å². The lowest BCUT2D eigenvalue weighted by molar-refractivity contribution is -0.122. The average Bonchev–Trinajstić information content (AvgIpc) is 2.26. The minimum atomic E-state index is -0.449. The normalized spacial score (nSPS) is 12.2. The molecule has 1 amide bonds. The lowest BCUT2D eigenvalue weighted by atomic mass is 10.2. The van der Waals surface area contributed by atoms with Crippen LogP contribution in [0.15, 0.2) is 29.2 Å². The van der Waals surface area contributed by atoms with Crippen LogP contribution in [0.5, 0.6) is 0 Å². The Morgan fingerprint density at radius 2 is 2.07 bits per heavy atom. The highest BCUT2D eigenvalue weighted by atomic mass is 32.2. The maximum absolute atomic E-state index is 11.2. The van der Waals surface area contributed by atoms with Gasteiger partial charge in [0.25, 0.3) is 0 Å². The van der Waals surface area contributed by atoms with Crippen molar-refractivity contribution in [3.63, 3.8) is 0 Å². The van der Waals surface area contributed by atoms with E-state index in [2.05, 4.69) is 5.32 Å². The number of nitrogens with two attached hydrogens (primary N) is 1. The molecule has 1 rings (SSSR count). The monoisotopic (exact) mass is 224 g/mol. The Morgan fingerprint density at radius 3 is 2.53 bits per heavy atom. The molecule has 0 saturated heterocycles. The molecule has 82 valence electrons. The number of amides is 1. The van der Waals surface area contributed by atoms with Gasteiger partial charge in [-0.2, -0.15) is 0 Å². The second-order valence-electron chi connectivity index (χ2n) is 3.35. The average molecular weight is 224 g/mol. The molecule has 1 atom stereocenters. The minimum absolute atomic E-state index is 0.121. The number of benzene rings is 1. The van der Waals surface area contributed by atoms with E-state index in [4.69, 9.17) is 5.73 Å². The summed E-state index contributed by atoms with van der Waals surface area (Å²) in [5, 5.41) is 2.77. The van der Waals surface area contributed by atoms with Crippen LogP contribution in [0.1, 0.15) is 12.5 Å². The van der Waals surface area contributed by atoms with Gasteiger partial charge in [-0.15, -0.1) is 11.8 Å². The Kier molecular flexibility index (Phi) is 4.65. The fourth-order valence-electron chi connectivity index (χ4n) is 1.09. The van der Waals surface area contributed by atoms with Gasteiger partial charge in [0, 0.05) is 11.4 Å². The molecule has 0 saturated carbocycles. The van der Waals surface area contributed by atoms with Gasteiger partial charge in [-0.3, -0.25) is 4.79 Å². The van der Waals surface area contributed by atoms with Gasteiger partial charge in [-0.1, -0.05) is 12.1 Å². The van der Waals surface area contributed by atoms with Gasteiger partial charge in [0.2, 0.25) is 5.91 Å². The highest BCUT2D eigenvalue weighted by Crippen LogP contribution is 2.14. The van der Waals surface area contributed by atoms with Crippen LogP contribution in [0.3, 0.4) is 0 Å². The summed E-state index contributed by atoms with van der Waals surface area (Å²) in [7, 11) is 0. The lowest BCUT2D eigenvalue weighted by Gasteiger charge is -2.07. The van der Waals surface area contributed by atoms with E-state index in [1.807, 2.05) is 30.5 Å². The summed E-state index contributed by atoms with van der Waals surface area (Å²) in [4.78, 5) is 12.4. The van der Waals surface area contributed by atoms with Gasteiger partial charge in [0.05, 0.1) is 6.04 Å². The number of carbonyl (C=O) groups is 1. The molecule has 0 aromatic heterocycles. The maximum atomic E-state index is 11.2. The van der Waals surface area contributed by atoms with Crippen molar-refractivity contribution in [1.29, 1.82) is 0 Å². The molecule has 3 N–H and O–H groups in total. The molecular weight excluding hydrogens is 208 g/mol. The molecule has 15 heavy (non-hydrogen) atoms. The molecule has 0 heterocycles. The summed E-state index contributed by atoms with van der Waals surface area (Å²) in [5.74, 6) is -0.121. The van der Waals surface area contributed by atoms with Crippen LogP contribution in [0.2, 0.25) is 0 Å². The zero-order chi connectivity index (χ0) is 11.3. The molecule has 0 aliphatic rings. The third-order valence-electron chi connectivity index (χ3n) is 2.04. The van der Waals surface area contributed by atoms with Crippen LogP contribution in [-0.4, -0.2) is 18.2 Å². The summed E-state index contributed by atoms with van der Waals surface area (Å²) >= 11 is 1.70. The van der Waals surface area contributed by atoms with Crippen LogP contribution in [0.4, 0.5) is 0 Å². The van der Waals surface area contributed by atoms with E-state index in [-0.39, 0.29) is 5.91 Å². The number of hydrogen-bond donors (Lipinski definition) is 2. The van der Waals surface area contributed by atoms with Crippen molar-refractivity contribution >= 4 is 17.7 Å². The molecule has 0 aliphatic carbocycles. The first-order chi connectivity index (χ1) is 7.13. The molecule has 4 heteroatoms. The zero-order valence-electron chi connectivity index (χ0n) is 8.99. The van der Waals surface area contributed by atoms with Gasteiger partial charge >= 0.3 is 0 Å². The van der Waals surface area contributed by atoms with Crippen molar-refractivity contribution in [3.8, 4) is 0 Å². The highest BCUT2D eigenvalue weighted by molar-refractivity contribution is 7.98. The van der Waals surface area contributed by atoms with Gasteiger partial charge < -0.3 is 11.1 Å². The maximum Gasteiger partial charge on any atom is 0.236 e. The zero-order valence-corrected chi connectivity index (χ0v) is 9.80. The minimum Gasteiger partial charge on any atom is -0.351 e. The molecule has 3 nitrogen and oxygen atoms in total. The van der Waals surface area contributed by atoms with E-state index in [0.717, 1.165) is 5.56 Å². The Hall–Kier alpha value is -1.00. The summed E-state index contributed by atoms with van der Waals surface area (Å²) in [6, 6.07) is 7.65. The van der Waals surface area contributed by atoms with E-state index in [1.54, 1.807) is 18.7 Å². The van der Waals surface area contributed by atoms with Crippen LogP contribution in [-0.2, 0) is 11.3 Å². The number of hydrogen-bond acceptors (Lipinski definition) is 3. The predicted molar refractivity (Wildman–Crippen MR) is 63.7 cm³/mol. The fourth-order valence-corrected chi connectivity index (χ4v) is 1.50. The van der Waals surface area contributed by atoms with E-state index in [0.29, 0.717) is 6.54 Å². The molecule has 1 aromatic carbocycles. The van der Waals surface area contributed by atoms with E-state index in [1.165, 1.54) is 4.90 Å². The summed E-state index contributed by atoms with van der Waals surface area (Å²) in [5.41, 5.74) is 6.52. The first kappa shape index (κ1) is 12.1. The van der Waals surface area contributed by atoms with E-state index >= 15 is 0 Å². The van der Waals surface area contributed by atoms with Crippen molar-refractivity contribution in [3.05, 3.63) is 29.8 Å². The number of nitrogens with one attached hydrogen (secondary N) is 1. The van der Waals surface area contributed by atoms with Gasteiger partial charge in [-0.05, 0) is 30.9 Å². The smallest absolute Gasteiger partial charge is 0.236 e.